The Kier molecular flexibility index (Phi) is 6.86. The van der Waals surface area contributed by atoms with Gasteiger partial charge >= 0.3 is 0 Å². The summed E-state index contributed by atoms with van der Waals surface area (Å²) in [4.78, 5) is 19.1. The smallest absolute Gasteiger partial charge is 0.236 e. The molecule has 0 N–H and O–H groups in total. The highest BCUT2D eigenvalue weighted by atomic mass is 19.1. The molecule has 1 aromatic rings. The van der Waals surface area contributed by atoms with Crippen LogP contribution in [-0.2, 0) is 11.3 Å². The van der Waals surface area contributed by atoms with Crippen LogP contribution in [0.2, 0.25) is 0 Å². The fraction of sp³-hybridized carbons (Fsp3) is 0.650. The summed E-state index contributed by atoms with van der Waals surface area (Å²) in [5.74, 6) is 0.245. The number of nitrogens with zero attached hydrogens (tertiary/aromatic N) is 3. The lowest BCUT2D eigenvalue weighted by molar-refractivity contribution is -0.132. The Morgan fingerprint density at radius 3 is 2.27 bits per heavy atom. The third-order valence-corrected chi connectivity index (χ3v) is 5.40. The second-order valence-corrected chi connectivity index (χ2v) is 7.32. The van der Waals surface area contributed by atoms with Gasteiger partial charge < -0.3 is 9.64 Å². The highest BCUT2D eigenvalue weighted by molar-refractivity contribution is 5.78. The Morgan fingerprint density at radius 2 is 1.65 bits per heavy atom. The topological polar surface area (TPSA) is 36.0 Å². The van der Waals surface area contributed by atoms with Gasteiger partial charge in [-0.05, 0) is 30.5 Å². The van der Waals surface area contributed by atoms with Crippen LogP contribution in [0.25, 0.3) is 0 Å². The Hall–Kier alpha value is -1.66. The number of hydrogen-bond donors (Lipinski definition) is 0. The maximum Gasteiger partial charge on any atom is 0.236 e. The summed E-state index contributed by atoms with van der Waals surface area (Å²) in [6, 6.07) is 5.14. The van der Waals surface area contributed by atoms with E-state index in [2.05, 4.69) is 9.80 Å². The highest BCUT2D eigenvalue weighted by Crippen LogP contribution is 2.19. The van der Waals surface area contributed by atoms with Gasteiger partial charge in [0.15, 0.2) is 11.6 Å². The number of hydrogen-bond acceptors (Lipinski definition) is 4. The van der Waals surface area contributed by atoms with Crippen LogP contribution in [0, 0.1) is 5.82 Å². The van der Waals surface area contributed by atoms with Gasteiger partial charge in [0.05, 0.1) is 13.7 Å². The average Bonchev–Trinajstić information content (AvgIpc) is 2.93. The van der Waals surface area contributed by atoms with Gasteiger partial charge in [-0.1, -0.05) is 18.9 Å². The number of methoxy groups -OCH3 is 1. The van der Waals surface area contributed by atoms with Crippen molar-refractivity contribution >= 4 is 5.91 Å². The quantitative estimate of drug-likeness (QED) is 0.805. The zero-order valence-electron chi connectivity index (χ0n) is 15.8. The van der Waals surface area contributed by atoms with Crippen LogP contribution in [0.5, 0.6) is 5.75 Å². The van der Waals surface area contributed by atoms with Gasteiger partial charge in [-0.15, -0.1) is 0 Å². The van der Waals surface area contributed by atoms with Crippen molar-refractivity contribution in [2.75, 3.05) is 52.9 Å². The molecule has 6 heteroatoms. The lowest BCUT2D eigenvalue weighted by Gasteiger charge is -2.35. The third kappa shape index (κ3) is 5.17. The molecular weight excluding hydrogens is 333 g/mol. The number of benzene rings is 1. The van der Waals surface area contributed by atoms with Gasteiger partial charge in [0, 0.05) is 45.8 Å². The van der Waals surface area contributed by atoms with Gasteiger partial charge in [-0.2, -0.15) is 0 Å². The highest BCUT2D eigenvalue weighted by Gasteiger charge is 2.22. The average molecular weight is 363 g/mol. The van der Waals surface area contributed by atoms with Crippen LogP contribution in [0.4, 0.5) is 4.39 Å². The zero-order chi connectivity index (χ0) is 18.4. The van der Waals surface area contributed by atoms with E-state index in [1.54, 1.807) is 12.1 Å². The second kappa shape index (κ2) is 9.33. The summed E-state index contributed by atoms with van der Waals surface area (Å²) in [6.07, 6.45) is 4.76. The lowest BCUT2D eigenvalue weighted by atomic mass is 10.2. The summed E-state index contributed by atoms with van der Waals surface area (Å²) in [5, 5.41) is 0. The molecule has 2 heterocycles. The largest absolute Gasteiger partial charge is 0.494 e. The molecule has 0 radical (unpaired) electrons. The first-order valence-corrected chi connectivity index (χ1v) is 9.70. The molecule has 5 nitrogen and oxygen atoms in total. The maximum atomic E-state index is 13.8. The van der Waals surface area contributed by atoms with Crippen LogP contribution < -0.4 is 4.74 Å². The van der Waals surface area contributed by atoms with Crippen LogP contribution in [0.15, 0.2) is 18.2 Å². The number of carbonyl (C=O) groups is 1. The van der Waals surface area contributed by atoms with Crippen LogP contribution >= 0.6 is 0 Å². The summed E-state index contributed by atoms with van der Waals surface area (Å²) in [7, 11) is 1.48. The van der Waals surface area contributed by atoms with Crippen LogP contribution in [0.3, 0.4) is 0 Å². The van der Waals surface area contributed by atoms with E-state index >= 15 is 0 Å². The number of amides is 1. The molecule has 2 aliphatic heterocycles. The Balaban J connectivity index is 1.43. The molecule has 1 amide bonds. The van der Waals surface area contributed by atoms with Crippen molar-refractivity contribution in [3.05, 3.63) is 29.6 Å². The number of piperazine rings is 1. The Morgan fingerprint density at radius 1 is 1.00 bits per heavy atom. The van der Waals surface area contributed by atoms with Crippen molar-refractivity contribution in [1.82, 2.24) is 14.7 Å². The van der Waals surface area contributed by atoms with Crippen molar-refractivity contribution in [1.29, 1.82) is 0 Å². The predicted octanol–water partition coefficient (Wildman–Crippen LogP) is 2.35. The SMILES string of the molecule is COc1ccc(CN2CCN(CC(=O)N3CCCCCC3)CC2)cc1F. The molecule has 2 aliphatic rings. The summed E-state index contributed by atoms with van der Waals surface area (Å²) in [5.41, 5.74) is 0.956. The van der Waals surface area contributed by atoms with Gasteiger partial charge in [0.2, 0.25) is 5.91 Å². The lowest BCUT2D eigenvalue weighted by Crippen LogP contribution is -2.49. The number of rotatable bonds is 5. The van der Waals surface area contributed by atoms with Gasteiger partial charge in [-0.3, -0.25) is 14.6 Å². The minimum Gasteiger partial charge on any atom is -0.494 e. The molecule has 0 aromatic heterocycles. The molecule has 144 valence electrons. The molecule has 0 unspecified atom stereocenters. The third-order valence-electron chi connectivity index (χ3n) is 5.40. The summed E-state index contributed by atoms with van der Waals surface area (Å²) >= 11 is 0. The number of ether oxygens (including phenoxy) is 1. The Labute approximate surface area is 155 Å². The molecule has 3 rings (SSSR count). The van der Waals surface area contributed by atoms with Gasteiger partial charge in [0.1, 0.15) is 0 Å². The van der Waals surface area contributed by atoms with E-state index in [0.717, 1.165) is 64.2 Å². The van der Waals surface area contributed by atoms with Crippen molar-refractivity contribution in [3.8, 4) is 5.75 Å². The molecule has 2 fully saturated rings. The molecule has 0 bridgehead atoms. The molecular formula is C20H30FN3O2. The van der Waals surface area contributed by atoms with E-state index in [4.69, 9.17) is 4.74 Å². The van der Waals surface area contributed by atoms with E-state index < -0.39 is 0 Å². The van der Waals surface area contributed by atoms with E-state index in [-0.39, 0.29) is 17.5 Å². The van der Waals surface area contributed by atoms with Crippen molar-refractivity contribution in [2.45, 2.75) is 32.2 Å². The normalized spacial score (nSPS) is 20.0. The molecule has 0 atom stereocenters. The predicted molar refractivity (Wildman–Crippen MR) is 99.7 cm³/mol. The fourth-order valence-corrected chi connectivity index (χ4v) is 3.78. The second-order valence-electron chi connectivity index (χ2n) is 7.32. The number of carbonyl (C=O) groups excluding carboxylic acids is 1. The fourth-order valence-electron chi connectivity index (χ4n) is 3.78. The van der Waals surface area contributed by atoms with Gasteiger partial charge in [-0.25, -0.2) is 4.39 Å². The first kappa shape index (κ1) is 19.1. The maximum absolute atomic E-state index is 13.8. The standard InChI is InChI=1S/C20H30FN3O2/c1-26-19-7-6-17(14-18(19)21)15-22-10-12-23(13-11-22)16-20(25)24-8-4-2-3-5-9-24/h6-7,14H,2-5,8-13,15-16H2,1H3. The summed E-state index contributed by atoms with van der Waals surface area (Å²) < 4.78 is 18.8. The minimum absolute atomic E-state index is 0.276. The van der Waals surface area contributed by atoms with E-state index in [9.17, 15) is 9.18 Å². The Bertz CT molecular complexity index is 595. The molecule has 0 aliphatic carbocycles. The molecule has 2 saturated heterocycles. The van der Waals surface area contributed by atoms with Crippen molar-refractivity contribution in [3.63, 3.8) is 0 Å². The van der Waals surface area contributed by atoms with E-state index in [1.165, 1.54) is 20.0 Å². The minimum atomic E-state index is -0.313. The zero-order valence-corrected chi connectivity index (χ0v) is 15.8. The van der Waals surface area contributed by atoms with Crippen LogP contribution in [-0.4, -0.2) is 73.5 Å². The van der Waals surface area contributed by atoms with E-state index in [1.807, 2.05) is 11.0 Å². The molecule has 0 saturated carbocycles. The molecule has 0 spiro atoms. The molecule has 26 heavy (non-hydrogen) atoms. The van der Waals surface area contributed by atoms with Crippen LogP contribution in [0.1, 0.15) is 31.2 Å². The summed E-state index contributed by atoms with van der Waals surface area (Å²) in [6.45, 7) is 6.68. The molecule has 1 aromatic carbocycles. The van der Waals surface area contributed by atoms with E-state index in [0.29, 0.717) is 6.54 Å². The number of halogens is 1. The number of likely N-dealkylation sites (tertiary alicyclic amines) is 1. The first-order valence-electron chi connectivity index (χ1n) is 9.70. The van der Waals surface area contributed by atoms with Crippen molar-refractivity contribution < 1.29 is 13.9 Å². The first-order chi connectivity index (χ1) is 12.7. The monoisotopic (exact) mass is 363 g/mol. The van der Waals surface area contributed by atoms with Crippen molar-refractivity contribution in [2.24, 2.45) is 0 Å². The van der Waals surface area contributed by atoms with Gasteiger partial charge in [0.25, 0.3) is 0 Å².